The van der Waals surface area contributed by atoms with Crippen LogP contribution in [0.1, 0.15) is 36.0 Å². The topological polar surface area (TPSA) is 89.3 Å². The van der Waals surface area contributed by atoms with Crippen LogP contribution in [0.2, 0.25) is 5.02 Å². The van der Waals surface area contributed by atoms with Crippen LogP contribution in [0.3, 0.4) is 0 Å². The molecule has 0 atom stereocenters. The van der Waals surface area contributed by atoms with E-state index in [1.165, 1.54) is 18.2 Å². The Kier molecular flexibility index (Phi) is 4.58. The van der Waals surface area contributed by atoms with Gasteiger partial charge in [-0.25, -0.2) is 8.42 Å². The second-order valence-electron chi connectivity index (χ2n) is 5.11. The highest BCUT2D eigenvalue weighted by Crippen LogP contribution is 2.29. The summed E-state index contributed by atoms with van der Waals surface area (Å²) in [6.45, 7) is 3.81. The number of sulfone groups is 1. The van der Waals surface area contributed by atoms with Gasteiger partial charge < -0.3 is 9.84 Å². The highest BCUT2D eigenvalue weighted by atomic mass is 35.5. The van der Waals surface area contributed by atoms with Crippen LogP contribution in [-0.4, -0.2) is 25.7 Å². The van der Waals surface area contributed by atoms with E-state index in [2.05, 4.69) is 10.5 Å². The van der Waals surface area contributed by atoms with E-state index in [-0.39, 0.29) is 27.2 Å². The molecule has 1 N–H and O–H groups in total. The third-order valence-corrected chi connectivity index (χ3v) is 4.52. The number of carbonyl (C=O) groups excluding carboxylic acids is 1. The fourth-order valence-corrected chi connectivity index (χ4v) is 3.37. The van der Waals surface area contributed by atoms with Crippen molar-refractivity contribution in [3.63, 3.8) is 0 Å². The summed E-state index contributed by atoms with van der Waals surface area (Å²) in [7, 11) is -3.59. The maximum Gasteiger partial charge on any atom is 0.277 e. The van der Waals surface area contributed by atoms with Crippen LogP contribution in [-0.2, 0) is 9.84 Å². The van der Waals surface area contributed by atoms with Crippen LogP contribution in [0.15, 0.2) is 33.7 Å². The van der Waals surface area contributed by atoms with Crippen molar-refractivity contribution in [1.82, 2.24) is 5.16 Å². The SMILES string of the molecule is CC(C)c1cc(C(=O)Nc2cccc(Cl)c2S(C)(=O)=O)no1. The Morgan fingerprint density at radius 2 is 2.05 bits per heavy atom. The number of nitrogens with zero attached hydrogens (tertiary/aromatic N) is 1. The Bertz CT molecular complexity index is 812. The summed E-state index contributed by atoms with van der Waals surface area (Å²) in [5.74, 6) is 0.0918. The van der Waals surface area contributed by atoms with Crippen LogP contribution in [0.25, 0.3) is 0 Å². The monoisotopic (exact) mass is 342 g/mol. The van der Waals surface area contributed by atoms with E-state index in [1.807, 2.05) is 13.8 Å². The Balaban J connectivity index is 2.35. The molecule has 1 heterocycles. The summed E-state index contributed by atoms with van der Waals surface area (Å²) in [6.07, 6.45) is 1.02. The summed E-state index contributed by atoms with van der Waals surface area (Å²) in [5, 5.41) is 6.22. The standard InChI is InChI=1S/C14H15ClN2O4S/c1-8(2)12-7-11(17-21-12)14(18)16-10-6-4-5-9(15)13(10)22(3,19)20/h4-8H,1-3H3,(H,16,18). The molecular weight excluding hydrogens is 328 g/mol. The predicted octanol–water partition coefficient (Wildman–Crippen LogP) is 3.11. The molecular formula is C14H15ClN2O4S. The summed E-state index contributed by atoms with van der Waals surface area (Å²) in [6, 6.07) is 5.98. The predicted molar refractivity (Wildman–Crippen MR) is 83.1 cm³/mol. The number of amides is 1. The van der Waals surface area contributed by atoms with Crippen molar-refractivity contribution in [2.75, 3.05) is 11.6 Å². The first kappa shape index (κ1) is 16.5. The van der Waals surface area contributed by atoms with Gasteiger partial charge in [-0.05, 0) is 12.1 Å². The lowest BCUT2D eigenvalue weighted by Gasteiger charge is -2.10. The van der Waals surface area contributed by atoms with Gasteiger partial charge in [0.05, 0.1) is 10.7 Å². The molecule has 0 bridgehead atoms. The van der Waals surface area contributed by atoms with E-state index in [4.69, 9.17) is 16.1 Å². The summed E-state index contributed by atoms with van der Waals surface area (Å²) < 4.78 is 28.7. The molecule has 0 saturated heterocycles. The fourth-order valence-electron chi connectivity index (χ4n) is 1.84. The molecule has 0 spiro atoms. The van der Waals surface area contributed by atoms with Gasteiger partial charge in [-0.2, -0.15) is 0 Å². The number of hydrogen-bond donors (Lipinski definition) is 1. The first-order valence-electron chi connectivity index (χ1n) is 6.46. The zero-order chi connectivity index (χ0) is 16.5. The maximum atomic E-state index is 12.2. The molecule has 1 amide bonds. The van der Waals surface area contributed by atoms with Crippen LogP contribution in [0.4, 0.5) is 5.69 Å². The first-order valence-corrected chi connectivity index (χ1v) is 8.73. The smallest absolute Gasteiger partial charge is 0.277 e. The van der Waals surface area contributed by atoms with Gasteiger partial charge >= 0.3 is 0 Å². The second-order valence-corrected chi connectivity index (χ2v) is 7.47. The van der Waals surface area contributed by atoms with Crippen molar-refractivity contribution in [3.05, 3.63) is 40.7 Å². The number of halogens is 1. The number of benzene rings is 1. The van der Waals surface area contributed by atoms with E-state index in [0.29, 0.717) is 5.76 Å². The van der Waals surface area contributed by atoms with E-state index >= 15 is 0 Å². The van der Waals surface area contributed by atoms with Crippen molar-refractivity contribution < 1.29 is 17.7 Å². The van der Waals surface area contributed by atoms with Crippen LogP contribution in [0, 0.1) is 0 Å². The number of anilines is 1. The average Bonchev–Trinajstić information content (AvgIpc) is 2.86. The summed E-state index contributed by atoms with van der Waals surface area (Å²) >= 11 is 5.92. The zero-order valence-corrected chi connectivity index (χ0v) is 13.8. The van der Waals surface area contributed by atoms with Gasteiger partial charge in [0.25, 0.3) is 5.91 Å². The molecule has 1 aromatic heterocycles. The lowest BCUT2D eigenvalue weighted by molar-refractivity contribution is 0.101. The largest absolute Gasteiger partial charge is 0.360 e. The molecule has 118 valence electrons. The molecule has 0 fully saturated rings. The fraction of sp³-hybridized carbons (Fsp3) is 0.286. The van der Waals surface area contributed by atoms with E-state index < -0.39 is 15.7 Å². The number of hydrogen-bond acceptors (Lipinski definition) is 5. The third kappa shape index (κ3) is 3.48. The van der Waals surface area contributed by atoms with Gasteiger partial charge in [0, 0.05) is 18.2 Å². The highest BCUT2D eigenvalue weighted by Gasteiger charge is 2.21. The maximum absolute atomic E-state index is 12.2. The summed E-state index contributed by atoms with van der Waals surface area (Å²) in [5.41, 5.74) is 0.178. The molecule has 0 aliphatic heterocycles. The van der Waals surface area contributed by atoms with E-state index in [1.54, 1.807) is 6.07 Å². The number of rotatable bonds is 4. The minimum absolute atomic E-state index is 0.0447. The highest BCUT2D eigenvalue weighted by molar-refractivity contribution is 7.91. The molecule has 2 aromatic rings. The van der Waals surface area contributed by atoms with Crippen molar-refractivity contribution in [1.29, 1.82) is 0 Å². The van der Waals surface area contributed by atoms with E-state index in [9.17, 15) is 13.2 Å². The van der Waals surface area contributed by atoms with Crippen molar-refractivity contribution in [3.8, 4) is 0 Å². The summed E-state index contributed by atoms with van der Waals surface area (Å²) in [4.78, 5) is 12.0. The molecule has 0 unspecified atom stereocenters. The zero-order valence-electron chi connectivity index (χ0n) is 12.3. The Morgan fingerprint density at radius 3 is 2.59 bits per heavy atom. The molecule has 1 aromatic carbocycles. The first-order chi connectivity index (χ1) is 10.2. The van der Waals surface area contributed by atoms with E-state index in [0.717, 1.165) is 6.26 Å². The van der Waals surface area contributed by atoms with Crippen molar-refractivity contribution in [2.24, 2.45) is 0 Å². The normalized spacial score (nSPS) is 11.7. The van der Waals surface area contributed by atoms with Crippen molar-refractivity contribution >= 4 is 33.0 Å². The number of carbonyl (C=O) groups is 1. The molecule has 0 aliphatic rings. The number of nitrogens with one attached hydrogen (secondary N) is 1. The Hall–Kier alpha value is -1.86. The minimum Gasteiger partial charge on any atom is -0.360 e. The molecule has 8 heteroatoms. The number of aromatic nitrogens is 1. The molecule has 22 heavy (non-hydrogen) atoms. The Labute approximate surface area is 133 Å². The van der Waals surface area contributed by atoms with Gasteiger partial charge in [0.1, 0.15) is 10.7 Å². The van der Waals surface area contributed by atoms with Crippen LogP contribution >= 0.6 is 11.6 Å². The van der Waals surface area contributed by atoms with Gasteiger partial charge in [0.2, 0.25) is 0 Å². The molecule has 0 radical (unpaired) electrons. The molecule has 6 nitrogen and oxygen atoms in total. The minimum atomic E-state index is -3.59. The third-order valence-electron chi connectivity index (χ3n) is 2.92. The van der Waals surface area contributed by atoms with Gasteiger partial charge in [-0.15, -0.1) is 0 Å². The molecule has 2 rings (SSSR count). The average molecular weight is 343 g/mol. The van der Waals surface area contributed by atoms with Gasteiger partial charge in [-0.1, -0.05) is 36.7 Å². The van der Waals surface area contributed by atoms with Crippen LogP contribution < -0.4 is 5.32 Å². The van der Waals surface area contributed by atoms with Crippen molar-refractivity contribution in [2.45, 2.75) is 24.7 Å². The lowest BCUT2D eigenvalue weighted by atomic mass is 10.1. The quantitative estimate of drug-likeness (QED) is 0.922. The lowest BCUT2D eigenvalue weighted by Crippen LogP contribution is -2.15. The second kappa shape index (κ2) is 6.10. The van der Waals surface area contributed by atoms with Gasteiger partial charge in [0.15, 0.2) is 15.5 Å². The van der Waals surface area contributed by atoms with Gasteiger partial charge in [-0.3, -0.25) is 4.79 Å². The van der Waals surface area contributed by atoms with Crippen LogP contribution in [0.5, 0.6) is 0 Å². The Morgan fingerprint density at radius 1 is 1.36 bits per heavy atom. The molecule has 0 saturated carbocycles. The molecule has 0 aliphatic carbocycles.